The zero-order chi connectivity index (χ0) is 16.0. The number of aromatic nitrogens is 1. The van der Waals surface area contributed by atoms with Gasteiger partial charge in [-0.25, -0.2) is 0 Å². The molecule has 1 unspecified atom stereocenters. The van der Waals surface area contributed by atoms with E-state index in [4.69, 9.17) is 4.74 Å². The third kappa shape index (κ3) is 2.33. The highest BCUT2D eigenvalue weighted by Crippen LogP contribution is 2.48. The number of para-hydroxylation sites is 1. The summed E-state index contributed by atoms with van der Waals surface area (Å²) in [5, 5.41) is 11.3. The van der Waals surface area contributed by atoms with Crippen LogP contribution in [0, 0.1) is 5.92 Å². The number of aromatic amines is 1. The Balaban J connectivity index is 1.77. The summed E-state index contributed by atoms with van der Waals surface area (Å²) < 4.78 is 6.35. The van der Waals surface area contributed by atoms with Gasteiger partial charge in [-0.2, -0.15) is 0 Å². The third-order valence-corrected chi connectivity index (χ3v) is 6.11. The smallest absolute Gasteiger partial charge is 0.108 e. The third-order valence-electron chi connectivity index (χ3n) is 6.11. The van der Waals surface area contributed by atoms with E-state index in [0.29, 0.717) is 5.92 Å². The molecule has 2 aliphatic rings. The van der Waals surface area contributed by atoms with Crippen LogP contribution >= 0.6 is 0 Å². The standard InChI is InChI=1S/C20H27NO2/c1-3-14-5-4-6-16-17-9-12-23-20(19(17)21-18(14)16)10-7-15(8-11-20)13(2)22/h4-6,13,15,21-22H,3,7-12H2,1-2H3. The maximum absolute atomic E-state index is 9.89. The van der Waals surface area contributed by atoms with Crippen molar-refractivity contribution in [1.29, 1.82) is 0 Å². The van der Waals surface area contributed by atoms with Crippen LogP contribution in [0.5, 0.6) is 0 Å². The average molecular weight is 313 g/mol. The molecule has 1 saturated carbocycles. The Kier molecular flexibility index (Phi) is 3.73. The number of aliphatic hydroxyl groups excluding tert-OH is 1. The van der Waals surface area contributed by atoms with Crippen molar-refractivity contribution < 1.29 is 9.84 Å². The fraction of sp³-hybridized carbons (Fsp3) is 0.600. The molecule has 124 valence electrons. The maximum Gasteiger partial charge on any atom is 0.108 e. The van der Waals surface area contributed by atoms with Gasteiger partial charge in [-0.3, -0.25) is 0 Å². The van der Waals surface area contributed by atoms with Crippen LogP contribution in [0.25, 0.3) is 10.9 Å². The molecule has 4 rings (SSSR count). The summed E-state index contributed by atoms with van der Waals surface area (Å²) in [5.41, 5.74) is 5.34. The first-order valence-corrected chi connectivity index (χ1v) is 9.09. The largest absolute Gasteiger partial charge is 0.393 e. The van der Waals surface area contributed by atoms with Gasteiger partial charge in [0.1, 0.15) is 5.60 Å². The Hall–Kier alpha value is -1.32. The molecule has 1 atom stereocenters. The van der Waals surface area contributed by atoms with Gasteiger partial charge in [0.15, 0.2) is 0 Å². The van der Waals surface area contributed by atoms with E-state index in [2.05, 4.69) is 30.1 Å². The summed E-state index contributed by atoms with van der Waals surface area (Å²) in [6, 6.07) is 6.66. The Labute approximate surface area is 138 Å². The van der Waals surface area contributed by atoms with Crippen molar-refractivity contribution in [2.45, 2.75) is 64.1 Å². The number of aliphatic hydroxyl groups is 1. The van der Waals surface area contributed by atoms with Gasteiger partial charge in [0.25, 0.3) is 0 Å². The van der Waals surface area contributed by atoms with Crippen molar-refractivity contribution in [2.75, 3.05) is 6.61 Å². The van der Waals surface area contributed by atoms with Crippen LogP contribution in [0.1, 0.15) is 56.4 Å². The Morgan fingerprint density at radius 1 is 1.35 bits per heavy atom. The molecule has 0 saturated heterocycles. The molecule has 1 aliphatic carbocycles. The molecule has 1 spiro atoms. The second-order valence-electron chi connectivity index (χ2n) is 7.34. The van der Waals surface area contributed by atoms with E-state index in [1.54, 1.807) is 0 Å². The van der Waals surface area contributed by atoms with Crippen LogP contribution in [-0.2, 0) is 23.2 Å². The fourth-order valence-corrected chi connectivity index (χ4v) is 4.68. The first-order valence-electron chi connectivity index (χ1n) is 9.09. The summed E-state index contributed by atoms with van der Waals surface area (Å²) in [6.07, 6.45) is 5.98. The second kappa shape index (κ2) is 5.64. The lowest BCUT2D eigenvalue weighted by molar-refractivity contribution is -0.102. The molecule has 2 aromatic rings. The Morgan fingerprint density at radius 3 is 2.83 bits per heavy atom. The maximum atomic E-state index is 9.89. The molecule has 23 heavy (non-hydrogen) atoms. The highest BCUT2D eigenvalue weighted by molar-refractivity contribution is 5.88. The van der Waals surface area contributed by atoms with Crippen LogP contribution in [0.4, 0.5) is 0 Å². The minimum absolute atomic E-state index is 0.150. The number of fused-ring (bicyclic) bond motifs is 4. The van der Waals surface area contributed by atoms with E-state index in [0.717, 1.165) is 45.1 Å². The lowest BCUT2D eigenvalue weighted by Crippen LogP contribution is -2.40. The molecule has 2 heterocycles. The van der Waals surface area contributed by atoms with Crippen molar-refractivity contribution in [3.63, 3.8) is 0 Å². The van der Waals surface area contributed by atoms with Crippen LogP contribution < -0.4 is 0 Å². The molecular weight excluding hydrogens is 286 g/mol. The molecule has 2 N–H and O–H groups in total. The van der Waals surface area contributed by atoms with Gasteiger partial charge in [-0.1, -0.05) is 25.1 Å². The number of hydrogen-bond donors (Lipinski definition) is 2. The van der Waals surface area contributed by atoms with Crippen molar-refractivity contribution in [3.8, 4) is 0 Å². The quantitative estimate of drug-likeness (QED) is 0.878. The summed E-state index contributed by atoms with van der Waals surface area (Å²) in [5.74, 6) is 0.421. The fourth-order valence-electron chi connectivity index (χ4n) is 4.68. The van der Waals surface area contributed by atoms with Crippen molar-refractivity contribution in [1.82, 2.24) is 4.98 Å². The molecular formula is C20H27NO2. The summed E-state index contributed by atoms with van der Waals surface area (Å²) in [7, 11) is 0. The van der Waals surface area contributed by atoms with Gasteiger partial charge in [-0.15, -0.1) is 0 Å². The lowest BCUT2D eigenvalue weighted by Gasteiger charge is -2.43. The molecule has 0 amide bonds. The van der Waals surface area contributed by atoms with Crippen LogP contribution in [0.2, 0.25) is 0 Å². The molecule has 1 aromatic heterocycles. The summed E-state index contributed by atoms with van der Waals surface area (Å²) in [4.78, 5) is 3.75. The number of hydrogen-bond acceptors (Lipinski definition) is 2. The number of H-pyrrole nitrogens is 1. The van der Waals surface area contributed by atoms with Gasteiger partial charge in [-0.05, 0) is 62.5 Å². The lowest BCUT2D eigenvalue weighted by atomic mass is 9.73. The van der Waals surface area contributed by atoms with Crippen molar-refractivity contribution in [3.05, 3.63) is 35.0 Å². The normalized spacial score (nSPS) is 28.9. The van der Waals surface area contributed by atoms with E-state index in [1.807, 2.05) is 6.92 Å². The van der Waals surface area contributed by atoms with Gasteiger partial charge in [0.2, 0.25) is 0 Å². The Morgan fingerprint density at radius 2 is 2.13 bits per heavy atom. The minimum Gasteiger partial charge on any atom is -0.393 e. The number of ether oxygens (including phenoxy) is 1. The molecule has 1 fully saturated rings. The highest BCUT2D eigenvalue weighted by atomic mass is 16.5. The van der Waals surface area contributed by atoms with Crippen LogP contribution in [-0.4, -0.2) is 22.8 Å². The van der Waals surface area contributed by atoms with E-state index in [-0.39, 0.29) is 11.7 Å². The summed E-state index contributed by atoms with van der Waals surface area (Å²) in [6.45, 7) is 4.96. The van der Waals surface area contributed by atoms with E-state index >= 15 is 0 Å². The number of aryl methyl sites for hydroxylation is 1. The number of benzene rings is 1. The van der Waals surface area contributed by atoms with E-state index in [1.165, 1.54) is 27.7 Å². The first-order chi connectivity index (χ1) is 11.1. The van der Waals surface area contributed by atoms with Gasteiger partial charge in [0, 0.05) is 10.9 Å². The van der Waals surface area contributed by atoms with Crippen molar-refractivity contribution in [2.24, 2.45) is 5.92 Å². The van der Waals surface area contributed by atoms with Crippen LogP contribution in [0.3, 0.4) is 0 Å². The average Bonchev–Trinajstić information content (AvgIpc) is 2.96. The predicted octanol–water partition coefficient (Wildman–Crippen LogP) is 4.07. The SMILES string of the molecule is CCc1cccc2c3c([nH]c12)C1(CCC(C(C)O)CC1)OCC3. The first kappa shape index (κ1) is 15.2. The summed E-state index contributed by atoms with van der Waals surface area (Å²) >= 11 is 0. The number of nitrogens with one attached hydrogen (secondary N) is 1. The predicted molar refractivity (Wildman–Crippen MR) is 92.6 cm³/mol. The van der Waals surface area contributed by atoms with E-state index in [9.17, 15) is 5.11 Å². The monoisotopic (exact) mass is 313 g/mol. The second-order valence-corrected chi connectivity index (χ2v) is 7.34. The zero-order valence-electron chi connectivity index (χ0n) is 14.2. The molecule has 1 aromatic carbocycles. The molecule has 0 radical (unpaired) electrons. The molecule has 3 nitrogen and oxygen atoms in total. The molecule has 0 bridgehead atoms. The topological polar surface area (TPSA) is 45.2 Å². The van der Waals surface area contributed by atoms with Gasteiger partial charge in [0.05, 0.1) is 18.4 Å². The highest BCUT2D eigenvalue weighted by Gasteiger charge is 2.43. The number of rotatable bonds is 2. The minimum atomic E-state index is -0.204. The van der Waals surface area contributed by atoms with Gasteiger partial charge < -0.3 is 14.8 Å². The van der Waals surface area contributed by atoms with E-state index < -0.39 is 0 Å². The zero-order valence-corrected chi connectivity index (χ0v) is 14.2. The Bertz CT molecular complexity index is 708. The molecule has 1 aliphatic heterocycles. The van der Waals surface area contributed by atoms with Gasteiger partial charge >= 0.3 is 0 Å². The van der Waals surface area contributed by atoms with Crippen LogP contribution in [0.15, 0.2) is 18.2 Å². The molecule has 3 heteroatoms. The van der Waals surface area contributed by atoms with Crippen molar-refractivity contribution >= 4 is 10.9 Å².